The summed E-state index contributed by atoms with van der Waals surface area (Å²) in [6, 6.07) is 5.15. The van der Waals surface area contributed by atoms with Gasteiger partial charge in [-0.1, -0.05) is 34.1 Å². The number of hydrogen-bond acceptors (Lipinski definition) is 3. The molecule has 2 aliphatic carbocycles. The van der Waals surface area contributed by atoms with Gasteiger partial charge < -0.3 is 14.6 Å². The van der Waals surface area contributed by atoms with E-state index in [4.69, 9.17) is 9.47 Å². The molecule has 0 heterocycles. The normalized spacial score (nSPS) is 34.2. The van der Waals surface area contributed by atoms with E-state index in [1.54, 1.807) is 19.2 Å². The van der Waals surface area contributed by atoms with Crippen LogP contribution in [0.15, 0.2) is 18.2 Å². The molecule has 2 aliphatic rings. The maximum atomic E-state index is 9.86. The number of rotatable bonds is 4. The van der Waals surface area contributed by atoms with E-state index in [2.05, 4.69) is 27.7 Å². The minimum atomic E-state index is 0.189. The van der Waals surface area contributed by atoms with Gasteiger partial charge in [0.15, 0.2) is 0 Å². The predicted molar refractivity (Wildman–Crippen MR) is 101 cm³/mol. The topological polar surface area (TPSA) is 38.7 Å². The van der Waals surface area contributed by atoms with Crippen LogP contribution in [-0.4, -0.2) is 18.8 Å². The number of fused-ring (bicyclic) bond motifs is 1. The Hall–Kier alpha value is -1.38. The molecule has 140 valence electrons. The van der Waals surface area contributed by atoms with Crippen LogP contribution in [0.2, 0.25) is 0 Å². The second-order valence-corrected chi connectivity index (χ2v) is 9.24. The van der Waals surface area contributed by atoms with E-state index in [9.17, 15) is 5.11 Å². The largest absolute Gasteiger partial charge is 0.508 e. The van der Waals surface area contributed by atoms with E-state index in [1.807, 2.05) is 6.07 Å². The fourth-order valence-corrected chi connectivity index (χ4v) is 5.91. The fourth-order valence-electron chi connectivity index (χ4n) is 5.91. The lowest BCUT2D eigenvalue weighted by atomic mass is 9.47. The second kappa shape index (κ2) is 6.74. The van der Waals surface area contributed by atoms with Gasteiger partial charge in [0.2, 0.25) is 0 Å². The zero-order valence-corrected chi connectivity index (χ0v) is 16.5. The number of benzene rings is 1. The molecule has 0 aliphatic heterocycles. The molecule has 0 aromatic heterocycles. The molecule has 3 rings (SSSR count). The predicted octanol–water partition coefficient (Wildman–Crippen LogP) is 5.66. The fraction of sp³-hybridized carbons (Fsp3) is 0.727. The van der Waals surface area contributed by atoms with Crippen molar-refractivity contribution in [2.24, 2.45) is 28.6 Å². The number of phenols is 1. The van der Waals surface area contributed by atoms with Crippen LogP contribution in [0.5, 0.6) is 17.2 Å². The third kappa shape index (κ3) is 3.47. The van der Waals surface area contributed by atoms with Crippen LogP contribution in [-0.2, 0) is 0 Å². The van der Waals surface area contributed by atoms with Crippen molar-refractivity contribution >= 4 is 0 Å². The molecule has 1 aromatic rings. The van der Waals surface area contributed by atoms with Crippen molar-refractivity contribution in [2.45, 2.75) is 59.8 Å². The number of phenolic OH excluding ortho intramolecular Hbond substituents is 1. The Morgan fingerprint density at radius 3 is 2.52 bits per heavy atom. The van der Waals surface area contributed by atoms with Gasteiger partial charge in [0.25, 0.3) is 0 Å². The average molecular weight is 347 g/mol. The lowest BCUT2D eigenvalue weighted by Gasteiger charge is -2.59. The number of methoxy groups -OCH3 is 1. The smallest absolute Gasteiger partial charge is 0.126 e. The Balaban J connectivity index is 1.79. The molecular weight excluding hydrogens is 312 g/mol. The Morgan fingerprint density at radius 1 is 1.08 bits per heavy atom. The van der Waals surface area contributed by atoms with Gasteiger partial charge in [-0.25, -0.2) is 0 Å². The van der Waals surface area contributed by atoms with Crippen molar-refractivity contribution in [1.29, 1.82) is 0 Å². The Morgan fingerprint density at radius 2 is 1.80 bits per heavy atom. The van der Waals surface area contributed by atoms with Gasteiger partial charge in [-0.05, 0) is 48.3 Å². The molecule has 3 heteroatoms. The molecule has 0 spiro atoms. The van der Waals surface area contributed by atoms with E-state index in [1.165, 1.54) is 32.1 Å². The summed E-state index contributed by atoms with van der Waals surface area (Å²) in [5, 5.41) is 9.86. The minimum absolute atomic E-state index is 0.189. The zero-order chi connectivity index (χ0) is 18.2. The zero-order valence-electron chi connectivity index (χ0n) is 16.5. The molecule has 3 nitrogen and oxygen atoms in total. The van der Waals surface area contributed by atoms with Crippen molar-refractivity contribution in [3.05, 3.63) is 18.2 Å². The van der Waals surface area contributed by atoms with Crippen molar-refractivity contribution in [1.82, 2.24) is 0 Å². The van der Waals surface area contributed by atoms with Gasteiger partial charge in [0.05, 0.1) is 13.7 Å². The van der Waals surface area contributed by atoms with Gasteiger partial charge >= 0.3 is 0 Å². The Kier molecular flexibility index (Phi) is 4.96. The average Bonchev–Trinajstić information content (AvgIpc) is 2.52. The monoisotopic (exact) mass is 346 g/mol. The summed E-state index contributed by atoms with van der Waals surface area (Å²) in [6.07, 6.45) is 6.62. The highest BCUT2D eigenvalue weighted by atomic mass is 16.5. The SMILES string of the molecule is COc1cc(O)cc(OCC2C(C)CCC3C(C)(C)CCCC23C)c1. The number of hydrogen-bond donors (Lipinski definition) is 1. The highest BCUT2D eigenvalue weighted by Gasteiger charge is 2.53. The summed E-state index contributed by atoms with van der Waals surface area (Å²) in [5.41, 5.74) is 0.778. The molecule has 0 radical (unpaired) electrons. The van der Waals surface area contributed by atoms with Gasteiger partial charge in [-0.2, -0.15) is 0 Å². The third-order valence-corrected chi connectivity index (χ3v) is 7.25. The van der Waals surface area contributed by atoms with Crippen LogP contribution in [0.3, 0.4) is 0 Å². The van der Waals surface area contributed by atoms with Crippen LogP contribution >= 0.6 is 0 Å². The standard InChI is InChI=1S/C22H34O3/c1-15-7-8-20-21(2,3)9-6-10-22(20,4)19(15)14-25-18-12-16(23)11-17(13-18)24-5/h11-13,15,19-20,23H,6-10,14H2,1-5H3. The molecule has 1 N–H and O–H groups in total. The molecule has 4 unspecified atom stereocenters. The van der Waals surface area contributed by atoms with Crippen LogP contribution in [0, 0.1) is 28.6 Å². The molecule has 0 amide bonds. The quantitative estimate of drug-likeness (QED) is 0.764. The van der Waals surface area contributed by atoms with Crippen molar-refractivity contribution in [3.8, 4) is 17.2 Å². The van der Waals surface area contributed by atoms with E-state index in [0.29, 0.717) is 34.2 Å². The van der Waals surface area contributed by atoms with Crippen LogP contribution in [0.25, 0.3) is 0 Å². The summed E-state index contributed by atoms with van der Waals surface area (Å²) in [4.78, 5) is 0. The molecule has 2 fully saturated rings. The molecule has 4 atom stereocenters. The van der Waals surface area contributed by atoms with Crippen LogP contribution in [0.4, 0.5) is 0 Å². The first-order valence-corrected chi connectivity index (χ1v) is 9.77. The second-order valence-electron chi connectivity index (χ2n) is 9.24. The van der Waals surface area contributed by atoms with E-state index in [0.717, 1.165) is 12.5 Å². The van der Waals surface area contributed by atoms with Crippen LogP contribution < -0.4 is 9.47 Å². The number of aromatic hydroxyl groups is 1. The summed E-state index contributed by atoms with van der Waals surface area (Å²) < 4.78 is 11.4. The molecule has 2 saturated carbocycles. The Bertz CT molecular complexity index is 609. The van der Waals surface area contributed by atoms with Gasteiger partial charge in [0, 0.05) is 24.1 Å². The van der Waals surface area contributed by atoms with Crippen LogP contribution in [0.1, 0.15) is 59.8 Å². The highest BCUT2D eigenvalue weighted by Crippen LogP contribution is 2.61. The number of ether oxygens (including phenoxy) is 2. The minimum Gasteiger partial charge on any atom is -0.508 e. The summed E-state index contributed by atoms with van der Waals surface area (Å²) in [5.74, 6) is 3.53. The molecule has 0 saturated heterocycles. The Labute approximate surface area is 152 Å². The summed E-state index contributed by atoms with van der Waals surface area (Å²) in [6.45, 7) is 10.5. The summed E-state index contributed by atoms with van der Waals surface area (Å²) in [7, 11) is 1.61. The first-order chi connectivity index (χ1) is 11.8. The first-order valence-electron chi connectivity index (χ1n) is 9.77. The van der Waals surface area contributed by atoms with E-state index >= 15 is 0 Å². The third-order valence-electron chi connectivity index (χ3n) is 7.25. The molecule has 25 heavy (non-hydrogen) atoms. The lowest BCUT2D eigenvalue weighted by Crippen LogP contribution is -2.52. The summed E-state index contributed by atoms with van der Waals surface area (Å²) >= 11 is 0. The van der Waals surface area contributed by atoms with Gasteiger partial charge in [0.1, 0.15) is 17.2 Å². The van der Waals surface area contributed by atoms with Gasteiger partial charge in [-0.3, -0.25) is 0 Å². The first kappa shape index (κ1) is 18.4. The highest BCUT2D eigenvalue weighted by molar-refractivity contribution is 5.41. The van der Waals surface area contributed by atoms with Gasteiger partial charge in [-0.15, -0.1) is 0 Å². The maximum Gasteiger partial charge on any atom is 0.126 e. The van der Waals surface area contributed by atoms with Crippen molar-refractivity contribution in [2.75, 3.05) is 13.7 Å². The molecular formula is C22H34O3. The molecule has 1 aromatic carbocycles. The van der Waals surface area contributed by atoms with Crippen molar-refractivity contribution in [3.63, 3.8) is 0 Å². The van der Waals surface area contributed by atoms with E-state index < -0.39 is 0 Å². The van der Waals surface area contributed by atoms with E-state index in [-0.39, 0.29) is 5.75 Å². The lowest BCUT2D eigenvalue weighted by molar-refractivity contribution is -0.105. The molecule has 0 bridgehead atoms. The van der Waals surface area contributed by atoms with Crippen molar-refractivity contribution < 1.29 is 14.6 Å². The maximum absolute atomic E-state index is 9.86.